The minimum Gasteiger partial charge on any atom is -0.456 e. The summed E-state index contributed by atoms with van der Waals surface area (Å²) in [4.78, 5) is 59.2. The number of rotatable bonds is 6. The number of ether oxygens (including phenoxy) is 1. The summed E-state index contributed by atoms with van der Waals surface area (Å²) in [6, 6.07) is 4.84. The van der Waals surface area contributed by atoms with E-state index in [2.05, 4.69) is 0 Å². The summed E-state index contributed by atoms with van der Waals surface area (Å²) in [5.41, 5.74) is -0.0258. The van der Waals surface area contributed by atoms with Crippen LogP contribution in [0.15, 0.2) is 48.6 Å². The van der Waals surface area contributed by atoms with E-state index in [0.717, 1.165) is 4.90 Å². The normalized spacial score (nSPS) is 20.5. The average molecular weight is 370 g/mol. The summed E-state index contributed by atoms with van der Waals surface area (Å²) in [6.07, 6.45) is 6.54. The van der Waals surface area contributed by atoms with Gasteiger partial charge in [0.1, 0.15) is 6.54 Å². The van der Waals surface area contributed by atoms with Gasteiger partial charge in [-0.3, -0.25) is 34.2 Å². The standard InChI is InChI=1S/C18H14N2O7/c21-15(11-5-7-12(8-6-11)20(25)26)10-27-16(22)9-19-17(23)13-3-1-2-4-14(13)18(19)24/h1-8,13-14H,9-10H2. The molecule has 2 aliphatic rings. The van der Waals surface area contributed by atoms with Gasteiger partial charge in [0.05, 0.1) is 16.8 Å². The fraction of sp³-hybridized carbons (Fsp3) is 0.222. The number of amides is 2. The molecule has 138 valence electrons. The van der Waals surface area contributed by atoms with Gasteiger partial charge >= 0.3 is 5.97 Å². The van der Waals surface area contributed by atoms with Crippen molar-refractivity contribution in [3.63, 3.8) is 0 Å². The molecule has 0 radical (unpaired) electrons. The third-order valence-electron chi connectivity index (χ3n) is 4.29. The summed E-state index contributed by atoms with van der Waals surface area (Å²) >= 11 is 0. The van der Waals surface area contributed by atoms with Crippen LogP contribution in [0.2, 0.25) is 0 Å². The molecule has 1 aliphatic heterocycles. The highest BCUT2D eigenvalue weighted by atomic mass is 16.6. The number of likely N-dealkylation sites (tertiary alicyclic amines) is 1. The number of esters is 1. The number of Topliss-reactive ketones (excluding diaryl/α,β-unsaturated/α-hetero) is 1. The van der Waals surface area contributed by atoms with E-state index in [0.29, 0.717) is 0 Å². The minimum atomic E-state index is -0.890. The van der Waals surface area contributed by atoms with Crippen LogP contribution in [0.5, 0.6) is 0 Å². The van der Waals surface area contributed by atoms with E-state index in [1.807, 2.05) is 0 Å². The predicted octanol–water partition coefficient (Wildman–Crippen LogP) is 1.05. The van der Waals surface area contributed by atoms with Crippen LogP contribution in [0.4, 0.5) is 5.69 Å². The zero-order valence-electron chi connectivity index (χ0n) is 13.9. The Balaban J connectivity index is 1.55. The largest absolute Gasteiger partial charge is 0.456 e. The van der Waals surface area contributed by atoms with Crippen molar-refractivity contribution in [1.82, 2.24) is 4.90 Å². The van der Waals surface area contributed by atoms with Gasteiger partial charge in [0.2, 0.25) is 11.8 Å². The fourth-order valence-electron chi connectivity index (χ4n) is 2.88. The number of carbonyl (C=O) groups is 4. The molecule has 2 unspecified atom stereocenters. The molecule has 1 heterocycles. The number of carbonyl (C=O) groups excluding carboxylic acids is 4. The number of non-ortho nitro benzene ring substituents is 1. The molecule has 2 atom stereocenters. The molecule has 27 heavy (non-hydrogen) atoms. The lowest BCUT2D eigenvalue weighted by Crippen LogP contribution is -2.37. The molecule has 0 N–H and O–H groups in total. The zero-order chi connectivity index (χ0) is 19.6. The molecule has 1 fully saturated rings. The highest BCUT2D eigenvalue weighted by Crippen LogP contribution is 2.30. The number of hydrogen-bond acceptors (Lipinski definition) is 7. The Bertz CT molecular complexity index is 855. The molecule has 2 amide bonds. The molecule has 0 saturated carbocycles. The molecule has 9 heteroatoms. The molecule has 1 saturated heterocycles. The topological polar surface area (TPSA) is 124 Å². The van der Waals surface area contributed by atoms with Crippen molar-refractivity contribution in [3.05, 3.63) is 64.2 Å². The van der Waals surface area contributed by atoms with Gasteiger partial charge in [0.25, 0.3) is 5.69 Å². The third-order valence-corrected chi connectivity index (χ3v) is 4.29. The Morgan fingerprint density at radius 3 is 2.11 bits per heavy atom. The van der Waals surface area contributed by atoms with Crippen LogP contribution in [-0.2, 0) is 19.1 Å². The highest BCUT2D eigenvalue weighted by molar-refractivity contribution is 6.09. The number of nitro benzene ring substituents is 1. The van der Waals surface area contributed by atoms with E-state index >= 15 is 0 Å². The van der Waals surface area contributed by atoms with Crippen molar-refractivity contribution in [3.8, 4) is 0 Å². The van der Waals surface area contributed by atoms with Crippen LogP contribution in [0.1, 0.15) is 10.4 Å². The van der Waals surface area contributed by atoms with E-state index in [4.69, 9.17) is 4.74 Å². The first-order valence-electron chi connectivity index (χ1n) is 8.02. The van der Waals surface area contributed by atoms with Crippen molar-refractivity contribution in [2.24, 2.45) is 11.8 Å². The van der Waals surface area contributed by atoms with Gasteiger partial charge in [-0.1, -0.05) is 24.3 Å². The Hall–Kier alpha value is -3.62. The first-order chi connectivity index (χ1) is 12.9. The van der Waals surface area contributed by atoms with Crippen molar-refractivity contribution in [2.75, 3.05) is 13.2 Å². The second kappa shape index (κ2) is 7.32. The maximum absolute atomic E-state index is 12.2. The maximum atomic E-state index is 12.2. The fourth-order valence-corrected chi connectivity index (χ4v) is 2.88. The van der Waals surface area contributed by atoms with Crippen LogP contribution in [0.25, 0.3) is 0 Å². The second-order valence-electron chi connectivity index (χ2n) is 5.97. The smallest absolute Gasteiger partial charge is 0.326 e. The minimum absolute atomic E-state index is 0.142. The number of imide groups is 1. The molecule has 1 aliphatic carbocycles. The predicted molar refractivity (Wildman–Crippen MR) is 90.4 cm³/mol. The first kappa shape index (κ1) is 18.2. The van der Waals surface area contributed by atoms with E-state index in [1.54, 1.807) is 24.3 Å². The highest BCUT2D eigenvalue weighted by Gasteiger charge is 2.46. The summed E-state index contributed by atoms with van der Waals surface area (Å²) in [5.74, 6) is -3.64. The molecular weight excluding hydrogens is 356 g/mol. The van der Waals surface area contributed by atoms with Gasteiger partial charge in [-0.2, -0.15) is 0 Å². The molecule has 1 aromatic carbocycles. The zero-order valence-corrected chi connectivity index (χ0v) is 13.9. The van der Waals surface area contributed by atoms with E-state index in [1.165, 1.54) is 24.3 Å². The van der Waals surface area contributed by atoms with E-state index < -0.39 is 53.5 Å². The lowest BCUT2D eigenvalue weighted by atomic mass is 9.91. The van der Waals surface area contributed by atoms with E-state index in [9.17, 15) is 29.3 Å². The monoisotopic (exact) mass is 370 g/mol. The molecule has 9 nitrogen and oxygen atoms in total. The van der Waals surface area contributed by atoms with Crippen molar-refractivity contribution < 1.29 is 28.8 Å². The van der Waals surface area contributed by atoms with Gasteiger partial charge < -0.3 is 4.74 Å². The number of benzene rings is 1. The first-order valence-corrected chi connectivity index (χ1v) is 8.02. The van der Waals surface area contributed by atoms with Crippen LogP contribution >= 0.6 is 0 Å². The van der Waals surface area contributed by atoms with E-state index in [-0.39, 0.29) is 11.3 Å². The lowest BCUT2D eigenvalue weighted by molar-refractivity contribution is -0.384. The molecule has 3 rings (SSSR count). The van der Waals surface area contributed by atoms with Gasteiger partial charge in [0.15, 0.2) is 12.4 Å². The van der Waals surface area contributed by atoms with Gasteiger partial charge in [0, 0.05) is 17.7 Å². The number of ketones is 1. The number of allylic oxidation sites excluding steroid dienone is 2. The van der Waals surface area contributed by atoms with Crippen LogP contribution in [-0.4, -0.2) is 46.5 Å². The number of fused-ring (bicyclic) bond motifs is 1. The van der Waals surface area contributed by atoms with Crippen molar-refractivity contribution in [2.45, 2.75) is 0 Å². The quantitative estimate of drug-likeness (QED) is 0.241. The van der Waals surface area contributed by atoms with Crippen molar-refractivity contribution >= 4 is 29.3 Å². The second-order valence-corrected chi connectivity index (χ2v) is 5.97. The Morgan fingerprint density at radius 1 is 1.04 bits per heavy atom. The number of nitro groups is 1. The van der Waals surface area contributed by atoms with Crippen molar-refractivity contribution in [1.29, 1.82) is 0 Å². The van der Waals surface area contributed by atoms with Gasteiger partial charge in [-0.15, -0.1) is 0 Å². The third kappa shape index (κ3) is 3.66. The number of nitrogens with zero attached hydrogens (tertiary/aromatic N) is 2. The van der Waals surface area contributed by atoms with Gasteiger partial charge in [-0.05, 0) is 12.1 Å². The summed E-state index contributed by atoms with van der Waals surface area (Å²) in [7, 11) is 0. The lowest BCUT2D eigenvalue weighted by Gasteiger charge is -2.13. The molecule has 0 aromatic heterocycles. The van der Waals surface area contributed by atoms with Crippen LogP contribution in [0.3, 0.4) is 0 Å². The summed E-state index contributed by atoms with van der Waals surface area (Å²) in [5, 5.41) is 10.6. The van der Waals surface area contributed by atoms with Gasteiger partial charge in [-0.25, -0.2) is 0 Å². The maximum Gasteiger partial charge on any atom is 0.326 e. The molecule has 0 bridgehead atoms. The van der Waals surface area contributed by atoms with Crippen LogP contribution in [0, 0.1) is 22.0 Å². The summed E-state index contributed by atoms with van der Waals surface area (Å²) in [6.45, 7) is -1.17. The SMILES string of the molecule is O=C(CN1C(=O)C2C=CC=CC2C1=O)OCC(=O)c1ccc([N+](=O)[O-])cc1. The molecular formula is C18H14N2O7. The average Bonchev–Trinajstić information content (AvgIpc) is 2.91. The molecule has 0 spiro atoms. The van der Waals surface area contributed by atoms with Crippen LogP contribution < -0.4 is 0 Å². The Labute approximate surface area is 153 Å². The number of hydrogen-bond donors (Lipinski definition) is 0. The molecule has 1 aromatic rings. The summed E-state index contributed by atoms with van der Waals surface area (Å²) < 4.78 is 4.84. The Kier molecular flexibility index (Phi) is 4.93. The Morgan fingerprint density at radius 2 is 1.59 bits per heavy atom.